The van der Waals surface area contributed by atoms with Gasteiger partial charge in [-0.3, -0.25) is 9.20 Å². The molecular formula is C21H34IN3OS. The molecule has 0 aliphatic heterocycles. The fourth-order valence-electron chi connectivity index (χ4n) is 4.35. The molecule has 0 aromatic heterocycles. The third-order valence-corrected chi connectivity index (χ3v) is 7.88. The van der Waals surface area contributed by atoms with Crippen molar-refractivity contribution in [3.8, 4) is 0 Å². The highest BCUT2D eigenvalue weighted by atomic mass is 127. The zero-order valence-electron chi connectivity index (χ0n) is 16.6. The summed E-state index contributed by atoms with van der Waals surface area (Å²) in [4.78, 5) is 4.45. The normalized spacial score (nSPS) is 25.6. The second-order valence-electron chi connectivity index (χ2n) is 7.72. The Morgan fingerprint density at radius 3 is 2.56 bits per heavy atom. The Bertz CT molecular complexity index is 634. The van der Waals surface area contributed by atoms with E-state index in [0.29, 0.717) is 11.3 Å². The minimum absolute atomic E-state index is 0. The van der Waals surface area contributed by atoms with Crippen LogP contribution in [0.25, 0.3) is 0 Å². The number of aliphatic imine (C=N–C) groups is 1. The maximum Gasteiger partial charge on any atom is 0.191 e. The van der Waals surface area contributed by atoms with E-state index in [-0.39, 0.29) is 29.4 Å². The van der Waals surface area contributed by atoms with E-state index in [1.165, 1.54) is 24.8 Å². The van der Waals surface area contributed by atoms with E-state index in [1.54, 1.807) is 0 Å². The first kappa shape index (κ1) is 22.7. The molecule has 0 bridgehead atoms. The molecule has 2 fully saturated rings. The Morgan fingerprint density at radius 2 is 1.96 bits per heavy atom. The summed E-state index contributed by atoms with van der Waals surface area (Å²) in [7, 11) is 1.16. The van der Waals surface area contributed by atoms with Crippen LogP contribution in [0.1, 0.15) is 57.4 Å². The number of benzene rings is 1. The van der Waals surface area contributed by atoms with Gasteiger partial charge in [-0.25, -0.2) is 0 Å². The highest BCUT2D eigenvalue weighted by Crippen LogP contribution is 2.43. The zero-order valence-corrected chi connectivity index (χ0v) is 19.7. The molecule has 1 aromatic carbocycles. The summed E-state index contributed by atoms with van der Waals surface area (Å²) in [5.74, 6) is 1.66. The van der Waals surface area contributed by atoms with Gasteiger partial charge in [0.1, 0.15) is 0 Å². The van der Waals surface area contributed by atoms with E-state index in [1.807, 2.05) is 14.0 Å². The van der Waals surface area contributed by atoms with Gasteiger partial charge in [0.15, 0.2) is 5.96 Å². The van der Waals surface area contributed by atoms with Crippen LogP contribution in [-0.2, 0) is 16.2 Å². The van der Waals surface area contributed by atoms with Gasteiger partial charge in [-0.15, -0.1) is 24.0 Å². The lowest BCUT2D eigenvalue weighted by Crippen LogP contribution is -2.51. The summed E-state index contributed by atoms with van der Waals surface area (Å²) >= 11 is 0. The Hall–Kier alpha value is -0.630. The average Bonchev–Trinajstić information content (AvgIpc) is 2.66. The molecular weight excluding hydrogens is 469 g/mol. The van der Waals surface area contributed by atoms with E-state index >= 15 is 0 Å². The highest BCUT2D eigenvalue weighted by molar-refractivity contribution is 14.0. The van der Waals surface area contributed by atoms with Crippen molar-refractivity contribution in [3.63, 3.8) is 0 Å². The number of nitrogens with zero attached hydrogens (tertiary/aromatic N) is 1. The second kappa shape index (κ2) is 10.8. The van der Waals surface area contributed by atoms with Crippen LogP contribution < -0.4 is 10.6 Å². The Morgan fingerprint density at radius 1 is 1.22 bits per heavy atom. The smallest absolute Gasteiger partial charge is 0.191 e. The van der Waals surface area contributed by atoms with Gasteiger partial charge in [0.05, 0.1) is 0 Å². The molecule has 1 aromatic rings. The highest BCUT2D eigenvalue weighted by Gasteiger charge is 2.38. The standard InChI is InChI=1S/C21H33N3OS.HI/c1-3-26(25)19-12-7-11-18(15-19)24-20(22-2)23-16-21(13-8-14-21)17-9-5-4-6-10-17;/h4-6,9-10,18-19H,3,7-8,11-16H2,1-2H3,(H2,22,23,24);1H. The lowest BCUT2D eigenvalue weighted by atomic mass is 9.64. The van der Waals surface area contributed by atoms with E-state index in [9.17, 15) is 4.21 Å². The van der Waals surface area contributed by atoms with Gasteiger partial charge in [0, 0.05) is 46.9 Å². The van der Waals surface area contributed by atoms with Crippen molar-refractivity contribution in [3.05, 3.63) is 35.9 Å². The molecule has 2 aliphatic carbocycles. The van der Waals surface area contributed by atoms with Crippen LogP contribution in [0.5, 0.6) is 0 Å². The fraction of sp³-hybridized carbons (Fsp3) is 0.667. The number of guanidine groups is 1. The van der Waals surface area contributed by atoms with E-state index < -0.39 is 10.8 Å². The quantitative estimate of drug-likeness (QED) is 0.351. The van der Waals surface area contributed by atoms with Crippen LogP contribution in [0.4, 0.5) is 0 Å². The van der Waals surface area contributed by atoms with Crippen LogP contribution in [0.3, 0.4) is 0 Å². The summed E-state index contributed by atoms with van der Waals surface area (Å²) < 4.78 is 12.2. The van der Waals surface area contributed by atoms with Crippen LogP contribution >= 0.6 is 24.0 Å². The van der Waals surface area contributed by atoms with Gasteiger partial charge in [-0.2, -0.15) is 0 Å². The summed E-state index contributed by atoms with van der Waals surface area (Å²) in [6.07, 6.45) is 8.16. The molecule has 2 N–H and O–H groups in total. The van der Waals surface area contributed by atoms with E-state index in [0.717, 1.165) is 43.9 Å². The summed E-state index contributed by atoms with van der Waals surface area (Å²) in [5.41, 5.74) is 1.68. The summed E-state index contributed by atoms with van der Waals surface area (Å²) in [6.45, 7) is 2.95. The molecule has 3 unspecified atom stereocenters. The number of hydrogen-bond acceptors (Lipinski definition) is 2. The second-order valence-corrected chi connectivity index (χ2v) is 9.73. The number of hydrogen-bond donors (Lipinski definition) is 2. The Labute approximate surface area is 183 Å². The topological polar surface area (TPSA) is 53.5 Å². The predicted molar refractivity (Wildman–Crippen MR) is 127 cm³/mol. The van der Waals surface area contributed by atoms with E-state index in [2.05, 4.69) is 46.0 Å². The SMILES string of the molecule is CCS(=O)C1CCCC(NC(=NC)NCC2(c3ccccc3)CCC2)C1.I. The van der Waals surface area contributed by atoms with Crippen LogP contribution in [-0.4, -0.2) is 40.8 Å². The molecule has 3 atom stereocenters. The molecule has 0 amide bonds. The number of halogens is 1. The average molecular weight is 503 g/mol. The van der Waals surface area contributed by atoms with Crippen molar-refractivity contribution in [2.45, 2.75) is 68.6 Å². The van der Waals surface area contributed by atoms with Crippen molar-refractivity contribution in [2.24, 2.45) is 4.99 Å². The molecule has 2 saturated carbocycles. The fourth-order valence-corrected chi connectivity index (χ4v) is 5.70. The van der Waals surface area contributed by atoms with Crippen molar-refractivity contribution in [1.82, 2.24) is 10.6 Å². The van der Waals surface area contributed by atoms with Gasteiger partial charge in [-0.05, 0) is 37.7 Å². The first-order valence-electron chi connectivity index (χ1n) is 10.1. The van der Waals surface area contributed by atoms with Crippen LogP contribution in [0.2, 0.25) is 0 Å². The molecule has 27 heavy (non-hydrogen) atoms. The summed E-state index contributed by atoms with van der Waals surface area (Å²) in [6, 6.07) is 11.2. The molecule has 0 heterocycles. The zero-order chi connectivity index (χ0) is 18.4. The third kappa shape index (κ3) is 5.68. The minimum Gasteiger partial charge on any atom is -0.356 e. The molecule has 152 valence electrons. The number of rotatable bonds is 6. The van der Waals surface area contributed by atoms with Gasteiger partial charge in [0.2, 0.25) is 0 Å². The minimum atomic E-state index is -0.686. The molecule has 6 heteroatoms. The van der Waals surface area contributed by atoms with Crippen molar-refractivity contribution in [2.75, 3.05) is 19.3 Å². The molecule has 3 rings (SSSR count). The third-order valence-electron chi connectivity index (χ3n) is 6.14. The maximum atomic E-state index is 12.2. The van der Waals surface area contributed by atoms with Gasteiger partial charge < -0.3 is 10.6 Å². The van der Waals surface area contributed by atoms with Crippen molar-refractivity contribution >= 4 is 40.7 Å². The Balaban J connectivity index is 0.00000261. The lowest BCUT2D eigenvalue weighted by molar-refractivity contribution is 0.243. The molecule has 0 saturated heterocycles. The molecule has 2 aliphatic rings. The molecule has 4 nitrogen and oxygen atoms in total. The first-order valence-corrected chi connectivity index (χ1v) is 11.4. The first-order chi connectivity index (χ1) is 12.7. The number of nitrogens with one attached hydrogen (secondary N) is 2. The van der Waals surface area contributed by atoms with Gasteiger partial charge in [0.25, 0.3) is 0 Å². The van der Waals surface area contributed by atoms with Crippen molar-refractivity contribution < 1.29 is 4.21 Å². The Kier molecular flexibility index (Phi) is 9.05. The maximum absolute atomic E-state index is 12.2. The van der Waals surface area contributed by atoms with Crippen LogP contribution in [0.15, 0.2) is 35.3 Å². The van der Waals surface area contributed by atoms with Crippen LogP contribution in [0, 0.1) is 0 Å². The molecule has 0 radical (unpaired) electrons. The predicted octanol–water partition coefficient (Wildman–Crippen LogP) is 3.97. The molecule has 0 spiro atoms. The largest absolute Gasteiger partial charge is 0.356 e. The monoisotopic (exact) mass is 503 g/mol. The lowest BCUT2D eigenvalue weighted by Gasteiger charge is -2.43. The van der Waals surface area contributed by atoms with E-state index in [4.69, 9.17) is 0 Å². The van der Waals surface area contributed by atoms with Crippen molar-refractivity contribution in [1.29, 1.82) is 0 Å². The van der Waals surface area contributed by atoms with Gasteiger partial charge >= 0.3 is 0 Å². The van der Waals surface area contributed by atoms with Gasteiger partial charge in [-0.1, -0.05) is 50.1 Å². The summed E-state index contributed by atoms with van der Waals surface area (Å²) in [5, 5.41) is 7.51.